The second kappa shape index (κ2) is 3.24. The Labute approximate surface area is 48.7 Å². The Morgan fingerprint density at radius 3 is 2.50 bits per heavy atom. The van der Waals surface area contributed by atoms with Crippen LogP contribution in [0.3, 0.4) is 0 Å². The van der Waals surface area contributed by atoms with E-state index in [2.05, 4.69) is 6.58 Å². The van der Waals surface area contributed by atoms with Crippen LogP contribution in [0.25, 0.3) is 0 Å². The molecule has 2 N–H and O–H groups in total. The van der Waals surface area contributed by atoms with E-state index in [-0.39, 0.29) is 5.70 Å². The molecular formula is C6H10FN. The molecule has 0 aliphatic heterocycles. The smallest absolute Gasteiger partial charge is 0.141 e. The summed E-state index contributed by atoms with van der Waals surface area (Å²) in [6, 6.07) is 0. The number of rotatable bonds is 2. The summed E-state index contributed by atoms with van der Waals surface area (Å²) in [5.41, 5.74) is 4.99. The zero-order chi connectivity index (χ0) is 6.57. The van der Waals surface area contributed by atoms with Crippen LogP contribution in [-0.4, -0.2) is 0 Å². The molecule has 0 heterocycles. The second-order valence-electron chi connectivity index (χ2n) is 1.49. The SMILES string of the molecule is C=C(N)/C(F)=C\CC. The first-order valence-corrected chi connectivity index (χ1v) is 2.49. The van der Waals surface area contributed by atoms with Gasteiger partial charge in [-0.2, -0.15) is 0 Å². The second-order valence-corrected chi connectivity index (χ2v) is 1.49. The van der Waals surface area contributed by atoms with Gasteiger partial charge in [-0.1, -0.05) is 13.5 Å². The molecule has 0 aliphatic rings. The highest BCUT2D eigenvalue weighted by Gasteiger charge is 1.90. The summed E-state index contributed by atoms with van der Waals surface area (Å²) in [7, 11) is 0. The van der Waals surface area contributed by atoms with E-state index in [9.17, 15) is 4.39 Å². The summed E-state index contributed by atoms with van der Waals surface area (Å²) in [5.74, 6) is -0.410. The summed E-state index contributed by atoms with van der Waals surface area (Å²) in [6.07, 6.45) is 2.05. The van der Waals surface area contributed by atoms with Gasteiger partial charge in [0.15, 0.2) is 0 Å². The van der Waals surface area contributed by atoms with Crippen LogP contribution in [0.15, 0.2) is 24.2 Å². The normalized spacial score (nSPS) is 11.5. The highest BCUT2D eigenvalue weighted by molar-refractivity contribution is 5.17. The summed E-state index contributed by atoms with van der Waals surface area (Å²) in [4.78, 5) is 0. The Hall–Kier alpha value is -0.790. The van der Waals surface area contributed by atoms with Crippen LogP contribution < -0.4 is 5.73 Å². The summed E-state index contributed by atoms with van der Waals surface area (Å²) >= 11 is 0. The average molecular weight is 115 g/mol. The van der Waals surface area contributed by atoms with Crippen molar-refractivity contribution in [2.45, 2.75) is 13.3 Å². The molecule has 0 atom stereocenters. The highest BCUT2D eigenvalue weighted by Crippen LogP contribution is 2.02. The standard InChI is InChI=1S/C6H10FN/c1-3-4-6(7)5(2)8/h4H,2-3,8H2,1H3/b6-4+. The summed E-state index contributed by atoms with van der Waals surface area (Å²) in [5, 5.41) is 0. The van der Waals surface area contributed by atoms with Crippen LogP contribution in [0.5, 0.6) is 0 Å². The summed E-state index contributed by atoms with van der Waals surface area (Å²) < 4.78 is 12.2. The minimum absolute atomic E-state index is 0.00634. The molecule has 0 bridgehead atoms. The van der Waals surface area contributed by atoms with Crippen molar-refractivity contribution in [1.82, 2.24) is 0 Å². The Bertz CT molecular complexity index is 116. The molecule has 0 aromatic heterocycles. The fourth-order valence-corrected chi connectivity index (χ4v) is 0.310. The van der Waals surface area contributed by atoms with Gasteiger partial charge in [0, 0.05) is 0 Å². The van der Waals surface area contributed by atoms with Crippen LogP contribution in [0, 0.1) is 0 Å². The Morgan fingerprint density at radius 2 is 2.38 bits per heavy atom. The van der Waals surface area contributed by atoms with Gasteiger partial charge in [-0.25, -0.2) is 4.39 Å². The molecule has 0 amide bonds. The maximum atomic E-state index is 12.2. The average Bonchev–Trinajstić information content (AvgIpc) is 1.67. The lowest BCUT2D eigenvalue weighted by molar-refractivity contribution is 0.644. The zero-order valence-electron chi connectivity index (χ0n) is 4.95. The van der Waals surface area contributed by atoms with Crippen LogP contribution in [0.1, 0.15) is 13.3 Å². The number of hydrogen-bond donors (Lipinski definition) is 1. The predicted molar refractivity (Wildman–Crippen MR) is 32.8 cm³/mol. The van der Waals surface area contributed by atoms with Gasteiger partial charge in [0.2, 0.25) is 0 Å². The third-order valence-corrected chi connectivity index (χ3v) is 0.690. The first-order valence-electron chi connectivity index (χ1n) is 2.49. The molecular weight excluding hydrogens is 105 g/mol. The van der Waals surface area contributed by atoms with Crippen LogP contribution >= 0.6 is 0 Å². The predicted octanol–water partition coefficient (Wildman–Crippen LogP) is 1.72. The number of allylic oxidation sites excluding steroid dienone is 2. The van der Waals surface area contributed by atoms with Crippen molar-refractivity contribution in [1.29, 1.82) is 0 Å². The molecule has 0 saturated heterocycles. The Morgan fingerprint density at radius 1 is 1.88 bits per heavy atom. The number of nitrogens with two attached hydrogens (primary N) is 1. The fourth-order valence-electron chi connectivity index (χ4n) is 0.310. The van der Waals surface area contributed by atoms with Gasteiger partial charge in [-0.05, 0) is 12.5 Å². The van der Waals surface area contributed by atoms with Crippen LogP contribution in [-0.2, 0) is 0 Å². The van der Waals surface area contributed by atoms with Crippen molar-refractivity contribution in [3.63, 3.8) is 0 Å². The number of hydrogen-bond acceptors (Lipinski definition) is 1. The van der Waals surface area contributed by atoms with Gasteiger partial charge in [0.25, 0.3) is 0 Å². The van der Waals surface area contributed by atoms with Gasteiger partial charge in [0.05, 0.1) is 5.70 Å². The van der Waals surface area contributed by atoms with Gasteiger partial charge in [-0.3, -0.25) is 0 Å². The molecule has 0 aromatic carbocycles. The van der Waals surface area contributed by atoms with Crippen molar-refractivity contribution in [3.05, 3.63) is 24.2 Å². The van der Waals surface area contributed by atoms with E-state index < -0.39 is 5.83 Å². The van der Waals surface area contributed by atoms with Gasteiger partial charge in [0.1, 0.15) is 5.83 Å². The molecule has 8 heavy (non-hydrogen) atoms. The number of halogens is 1. The van der Waals surface area contributed by atoms with Gasteiger partial charge >= 0.3 is 0 Å². The van der Waals surface area contributed by atoms with Crippen molar-refractivity contribution < 1.29 is 4.39 Å². The van der Waals surface area contributed by atoms with Crippen molar-refractivity contribution >= 4 is 0 Å². The Kier molecular flexibility index (Phi) is 2.92. The van der Waals surface area contributed by atoms with Crippen molar-refractivity contribution in [2.75, 3.05) is 0 Å². The maximum Gasteiger partial charge on any atom is 0.141 e. The van der Waals surface area contributed by atoms with Crippen LogP contribution in [0.4, 0.5) is 4.39 Å². The third kappa shape index (κ3) is 2.39. The fraction of sp³-hybridized carbons (Fsp3) is 0.333. The first kappa shape index (κ1) is 7.21. The minimum Gasteiger partial charge on any atom is -0.397 e. The lowest BCUT2D eigenvalue weighted by atomic mass is 10.3. The molecule has 0 rings (SSSR count). The van der Waals surface area contributed by atoms with Crippen LogP contribution in [0.2, 0.25) is 0 Å². The molecule has 0 radical (unpaired) electrons. The highest BCUT2D eigenvalue weighted by atomic mass is 19.1. The van der Waals surface area contributed by atoms with E-state index in [4.69, 9.17) is 5.73 Å². The molecule has 0 aliphatic carbocycles. The van der Waals surface area contributed by atoms with E-state index in [0.29, 0.717) is 6.42 Å². The molecule has 0 aromatic rings. The summed E-state index contributed by atoms with van der Waals surface area (Å²) in [6.45, 7) is 5.04. The van der Waals surface area contributed by atoms with Crippen molar-refractivity contribution in [3.8, 4) is 0 Å². The van der Waals surface area contributed by atoms with E-state index in [1.54, 1.807) is 0 Å². The zero-order valence-corrected chi connectivity index (χ0v) is 4.95. The topological polar surface area (TPSA) is 26.0 Å². The molecule has 46 valence electrons. The van der Waals surface area contributed by atoms with Gasteiger partial charge in [-0.15, -0.1) is 0 Å². The monoisotopic (exact) mass is 115 g/mol. The Balaban J connectivity index is 3.80. The molecule has 0 spiro atoms. The maximum absolute atomic E-state index is 12.2. The van der Waals surface area contributed by atoms with E-state index in [1.165, 1.54) is 6.08 Å². The largest absolute Gasteiger partial charge is 0.397 e. The lowest BCUT2D eigenvalue weighted by Gasteiger charge is -1.89. The van der Waals surface area contributed by atoms with Crippen molar-refractivity contribution in [2.24, 2.45) is 5.73 Å². The quantitative estimate of drug-likeness (QED) is 0.545. The first-order chi connectivity index (χ1) is 3.68. The molecule has 0 fully saturated rings. The van der Waals surface area contributed by atoms with E-state index in [1.807, 2.05) is 6.92 Å². The van der Waals surface area contributed by atoms with Gasteiger partial charge < -0.3 is 5.73 Å². The third-order valence-electron chi connectivity index (χ3n) is 0.690. The van der Waals surface area contributed by atoms with E-state index in [0.717, 1.165) is 0 Å². The molecule has 0 unspecified atom stereocenters. The van der Waals surface area contributed by atoms with E-state index >= 15 is 0 Å². The molecule has 2 heteroatoms. The molecule has 1 nitrogen and oxygen atoms in total. The molecule has 0 saturated carbocycles. The lowest BCUT2D eigenvalue weighted by Crippen LogP contribution is -1.93. The minimum atomic E-state index is -0.410.